The van der Waals surface area contributed by atoms with E-state index in [9.17, 15) is 14.4 Å². The fraction of sp³-hybridized carbons (Fsp3) is 0.526. The van der Waals surface area contributed by atoms with Gasteiger partial charge in [0.1, 0.15) is 5.54 Å². The van der Waals surface area contributed by atoms with Crippen LogP contribution in [0.2, 0.25) is 0 Å². The summed E-state index contributed by atoms with van der Waals surface area (Å²) in [5.41, 5.74) is 0.167. The summed E-state index contributed by atoms with van der Waals surface area (Å²) in [5.74, 6) is 0.946. The molecule has 8 heteroatoms. The largest absolute Gasteiger partial charge is 0.454 e. The van der Waals surface area contributed by atoms with Gasteiger partial charge in [-0.3, -0.25) is 14.5 Å². The van der Waals surface area contributed by atoms with Gasteiger partial charge in [-0.2, -0.15) is 0 Å². The van der Waals surface area contributed by atoms with Gasteiger partial charge in [0.25, 0.3) is 5.91 Å². The topological polar surface area (TPSA) is 97.0 Å². The van der Waals surface area contributed by atoms with Crippen LogP contribution < -0.4 is 20.1 Å². The summed E-state index contributed by atoms with van der Waals surface area (Å²) in [6.07, 6.45) is 3.31. The molecule has 1 aliphatic carbocycles. The van der Waals surface area contributed by atoms with Gasteiger partial charge < -0.3 is 20.1 Å². The van der Waals surface area contributed by atoms with Gasteiger partial charge in [-0.25, -0.2) is 4.79 Å². The maximum Gasteiger partial charge on any atom is 0.325 e. The molecule has 3 aliphatic rings. The fourth-order valence-corrected chi connectivity index (χ4v) is 3.99. The third-order valence-corrected chi connectivity index (χ3v) is 5.54. The molecule has 1 saturated heterocycles. The van der Waals surface area contributed by atoms with Crippen LogP contribution in [0.25, 0.3) is 0 Å². The second-order valence-electron chi connectivity index (χ2n) is 7.33. The Morgan fingerprint density at radius 2 is 2.00 bits per heavy atom. The molecule has 8 nitrogen and oxygen atoms in total. The van der Waals surface area contributed by atoms with Gasteiger partial charge in [0.2, 0.25) is 12.7 Å². The van der Waals surface area contributed by atoms with E-state index in [4.69, 9.17) is 9.47 Å². The van der Waals surface area contributed by atoms with E-state index in [1.165, 1.54) is 4.90 Å². The molecule has 27 heavy (non-hydrogen) atoms. The second kappa shape index (κ2) is 6.75. The number of amides is 4. The molecule has 0 bridgehead atoms. The zero-order valence-electron chi connectivity index (χ0n) is 15.2. The molecule has 2 N–H and O–H groups in total. The summed E-state index contributed by atoms with van der Waals surface area (Å²) < 4.78 is 10.6. The molecule has 4 amide bonds. The molecular formula is C19H23N3O5. The Kier molecular flexibility index (Phi) is 4.41. The van der Waals surface area contributed by atoms with E-state index in [1.54, 1.807) is 0 Å². The predicted octanol–water partition coefficient (Wildman–Crippen LogP) is 1.85. The molecule has 1 spiro atoms. The van der Waals surface area contributed by atoms with Gasteiger partial charge in [-0.15, -0.1) is 0 Å². The first-order chi connectivity index (χ1) is 13.0. The van der Waals surface area contributed by atoms with Crippen molar-refractivity contribution in [1.29, 1.82) is 0 Å². The van der Waals surface area contributed by atoms with Crippen molar-refractivity contribution in [3.63, 3.8) is 0 Å². The number of nitrogens with zero attached hydrogens (tertiary/aromatic N) is 1. The molecule has 144 valence electrons. The van der Waals surface area contributed by atoms with Crippen molar-refractivity contribution in [1.82, 2.24) is 15.5 Å². The minimum atomic E-state index is -0.729. The number of fused-ring (bicyclic) bond motifs is 1. The Labute approximate surface area is 157 Å². The maximum atomic E-state index is 12.6. The van der Waals surface area contributed by atoms with Crippen LogP contribution in [0.5, 0.6) is 11.5 Å². The number of nitrogens with one attached hydrogen (secondary N) is 2. The van der Waals surface area contributed by atoms with E-state index in [1.807, 2.05) is 25.1 Å². The highest BCUT2D eigenvalue weighted by molar-refractivity contribution is 6.07. The number of carbonyl (C=O) groups is 3. The van der Waals surface area contributed by atoms with Gasteiger partial charge >= 0.3 is 6.03 Å². The van der Waals surface area contributed by atoms with E-state index in [0.717, 1.165) is 18.4 Å². The van der Waals surface area contributed by atoms with Crippen molar-refractivity contribution in [2.24, 2.45) is 0 Å². The van der Waals surface area contributed by atoms with Crippen molar-refractivity contribution in [2.45, 2.75) is 50.6 Å². The first-order valence-electron chi connectivity index (χ1n) is 9.31. The third kappa shape index (κ3) is 3.20. The Bertz CT molecular complexity index is 788. The molecule has 2 aliphatic heterocycles. The van der Waals surface area contributed by atoms with Gasteiger partial charge in [0.05, 0.1) is 6.04 Å². The Morgan fingerprint density at radius 3 is 2.78 bits per heavy atom. The van der Waals surface area contributed by atoms with Crippen molar-refractivity contribution in [2.75, 3.05) is 13.3 Å². The van der Waals surface area contributed by atoms with Crippen LogP contribution in [0.4, 0.5) is 4.79 Å². The lowest BCUT2D eigenvalue weighted by atomic mass is 9.98. The number of hydrogen-bond donors (Lipinski definition) is 2. The van der Waals surface area contributed by atoms with Gasteiger partial charge in [0.15, 0.2) is 11.5 Å². The summed E-state index contributed by atoms with van der Waals surface area (Å²) in [5, 5.41) is 5.72. The van der Waals surface area contributed by atoms with E-state index in [-0.39, 0.29) is 37.6 Å². The number of carbonyl (C=O) groups excluding carboxylic acids is 3. The SMILES string of the molecule is C[C@H](NC(=O)CCN1C(=O)NC2(CCCC2)C1=O)c1ccc2c(c1)OCO2. The highest BCUT2D eigenvalue weighted by Gasteiger charge is 2.52. The smallest absolute Gasteiger partial charge is 0.325 e. The molecule has 2 heterocycles. The van der Waals surface area contributed by atoms with Gasteiger partial charge in [0, 0.05) is 13.0 Å². The molecule has 0 radical (unpaired) electrons. The average molecular weight is 373 g/mol. The van der Waals surface area contributed by atoms with E-state index in [0.29, 0.717) is 24.3 Å². The molecule has 4 rings (SSSR count). The molecule has 0 unspecified atom stereocenters. The summed E-state index contributed by atoms with van der Waals surface area (Å²) in [6.45, 7) is 2.16. The minimum Gasteiger partial charge on any atom is -0.454 e. The van der Waals surface area contributed by atoms with E-state index < -0.39 is 11.6 Å². The van der Waals surface area contributed by atoms with E-state index in [2.05, 4.69) is 10.6 Å². The van der Waals surface area contributed by atoms with Crippen molar-refractivity contribution < 1.29 is 23.9 Å². The highest BCUT2D eigenvalue weighted by Crippen LogP contribution is 2.35. The maximum absolute atomic E-state index is 12.6. The quantitative estimate of drug-likeness (QED) is 0.768. The molecule has 0 aromatic heterocycles. The summed E-state index contributed by atoms with van der Waals surface area (Å²) >= 11 is 0. The van der Waals surface area contributed by atoms with Crippen LogP contribution in [0.1, 0.15) is 50.6 Å². The zero-order valence-corrected chi connectivity index (χ0v) is 15.2. The summed E-state index contributed by atoms with van der Waals surface area (Å²) in [7, 11) is 0. The fourth-order valence-electron chi connectivity index (χ4n) is 3.99. The van der Waals surface area contributed by atoms with Crippen molar-refractivity contribution >= 4 is 17.8 Å². The van der Waals surface area contributed by atoms with Gasteiger partial charge in [-0.1, -0.05) is 18.9 Å². The third-order valence-electron chi connectivity index (χ3n) is 5.54. The predicted molar refractivity (Wildman–Crippen MR) is 95.2 cm³/mol. The number of urea groups is 1. The molecule has 2 fully saturated rings. The lowest BCUT2D eigenvalue weighted by molar-refractivity contribution is -0.131. The number of hydrogen-bond acceptors (Lipinski definition) is 5. The monoisotopic (exact) mass is 373 g/mol. The van der Waals surface area contributed by atoms with Crippen LogP contribution in [0, 0.1) is 0 Å². The minimum absolute atomic E-state index is 0.0735. The lowest BCUT2D eigenvalue weighted by Gasteiger charge is -2.20. The average Bonchev–Trinajstić information content (AvgIpc) is 3.34. The molecule has 1 aromatic rings. The standard InChI is InChI=1S/C19H23N3O5/c1-12(13-4-5-14-15(10-13)27-11-26-14)20-16(23)6-9-22-17(24)19(21-18(22)25)7-2-3-8-19/h4-5,10,12H,2-3,6-9,11H2,1H3,(H,20,23)(H,21,25)/t12-/m0/s1. The highest BCUT2D eigenvalue weighted by atomic mass is 16.7. The van der Waals surface area contributed by atoms with E-state index >= 15 is 0 Å². The molecule has 1 atom stereocenters. The number of imide groups is 1. The number of ether oxygens (including phenoxy) is 2. The second-order valence-corrected chi connectivity index (χ2v) is 7.33. The Balaban J connectivity index is 1.32. The first kappa shape index (κ1) is 17.6. The van der Waals surface area contributed by atoms with Crippen LogP contribution >= 0.6 is 0 Å². The zero-order chi connectivity index (χ0) is 19.0. The Morgan fingerprint density at radius 1 is 1.26 bits per heavy atom. The van der Waals surface area contributed by atoms with Crippen LogP contribution in [-0.4, -0.2) is 41.6 Å². The number of rotatable bonds is 5. The molecular weight excluding hydrogens is 350 g/mol. The van der Waals surface area contributed by atoms with Crippen LogP contribution in [0.3, 0.4) is 0 Å². The molecule has 1 aromatic carbocycles. The Hall–Kier alpha value is -2.77. The summed E-state index contributed by atoms with van der Waals surface area (Å²) in [4.78, 5) is 38.2. The lowest BCUT2D eigenvalue weighted by Crippen LogP contribution is -2.44. The van der Waals surface area contributed by atoms with Crippen molar-refractivity contribution in [3.05, 3.63) is 23.8 Å². The van der Waals surface area contributed by atoms with Crippen LogP contribution in [-0.2, 0) is 9.59 Å². The van der Waals surface area contributed by atoms with Crippen LogP contribution in [0.15, 0.2) is 18.2 Å². The first-order valence-corrected chi connectivity index (χ1v) is 9.31. The summed E-state index contributed by atoms with van der Waals surface area (Å²) in [6, 6.07) is 4.91. The normalized spacial score (nSPS) is 20.9. The molecule has 1 saturated carbocycles. The van der Waals surface area contributed by atoms with Gasteiger partial charge in [-0.05, 0) is 37.5 Å². The number of benzene rings is 1. The van der Waals surface area contributed by atoms with Crippen molar-refractivity contribution in [3.8, 4) is 11.5 Å².